The summed E-state index contributed by atoms with van der Waals surface area (Å²) >= 11 is 0. The summed E-state index contributed by atoms with van der Waals surface area (Å²) < 4.78 is 5.54. The molecule has 18 heavy (non-hydrogen) atoms. The molecule has 0 unspecified atom stereocenters. The molecule has 0 spiro atoms. The molecule has 0 amide bonds. The fourth-order valence-electron chi connectivity index (χ4n) is 2.24. The van der Waals surface area contributed by atoms with Crippen LogP contribution in [0.25, 0.3) is 0 Å². The van der Waals surface area contributed by atoms with Gasteiger partial charge in [-0.3, -0.25) is 0 Å². The monoisotopic (exact) mass is 257 g/mol. The Balaban J connectivity index is 4.33. The summed E-state index contributed by atoms with van der Waals surface area (Å²) in [7, 11) is 1.82. The second-order valence-corrected chi connectivity index (χ2v) is 6.70. The van der Waals surface area contributed by atoms with E-state index < -0.39 is 0 Å². The van der Waals surface area contributed by atoms with E-state index in [1.165, 1.54) is 19.3 Å². The van der Waals surface area contributed by atoms with Crippen LogP contribution in [0.1, 0.15) is 67.2 Å². The van der Waals surface area contributed by atoms with Crippen LogP contribution < -0.4 is 5.32 Å². The molecule has 0 aliphatic carbocycles. The lowest BCUT2D eigenvalue weighted by molar-refractivity contribution is 0.00229. The SMILES string of the molecule is CCC(CC)(CCC(C)(C)OC)CNCC(C)C. The van der Waals surface area contributed by atoms with Crippen molar-refractivity contribution in [2.45, 2.75) is 72.8 Å². The van der Waals surface area contributed by atoms with Crippen LogP contribution in [0.15, 0.2) is 0 Å². The Kier molecular flexibility index (Phi) is 8.13. The van der Waals surface area contributed by atoms with Gasteiger partial charge in [0.15, 0.2) is 0 Å². The second-order valence-electron chi connectivity index (χ2n) is 6.70. The first kappa shape index (κ1) is 17.9. The number of nitrogens with one attached hydrogen (secondary N) is 1. The molecular formula is C16H35NO. The van der Waals surface area contributed by atoms with Crippen LogP contribution in [0.5, 0.6) is 0 Å². The van der Waals surface area contributed by atoms with Gasteiger partial charge in [-0.05, 0) is 57.4 Å². The lowest BCUT2D eigenvalue weighted by atomic mass is 9.76. The van der Waals surface area contributed by atoms with E-state index >= 15 is 0 Å². The van der Waals surface area contributed by atoms with Gasteiger partial charge in [-0.25, -0.2) is 0 Å². The number of hydrogen-bond acceptors (Lipinski definition) is 2. The fourth-order valence-corrected chi connectivity index (χ4v) is 2.24. The molecule has 1 N–H and O–H groups in total. The fraction of sp³-hybridized carbons (Fsp3) is 1.00. The Morgan fingerprint density at radius 1 is 1.06 bits per heavy atom. The smallest absolute Gasteiger partial charge is 0.0623 e. The van der Waals surface area contributed by atoms with Crippen molar-refractivity contribution in [3.8, 4) is 0 Å². The van der Waals surface area contributed by atoms with E-state index in [1.54, 1.807) is 0 Å². The molecule has 0 saturated heterocycles. The van der Waals surface area contributed by atoms with Crippen LogP contribution in [0, 0.1) is 11.3 Å². The van der Waals surface area contributed by atoms with E-state index in [-0.39, 0.29) is 5.60 Å². The standard InChI is InChI=1S/C16H35NO/c1-8-16(9-2,13-17-12-14(3)4)11-10-15(5,6)18-7/h14,17H,8-13H2,1-7H3. The quantitative estimate of drug-likeness (QED) is 0.632. The molecule has 0 heterocycles. The average Bonchev–Trinajstić information content (AvgIpc) is 2.33. The highest BCUT2D eigenvalue weighted by molar-refractivity contribution is 4.82. The molecule has 110 valence electrons. The first-order chi connectivity index (χ1) is 8.31. The van der Waals surface area contributed by atoms with Crippen molar-refractivity contribution in [2.75, 3.05) is 20.2 Å². The van der Waals surface area contributed by atoms with E-state index in [2.05, 4.69) is 46.9 Å². The van der Waals surface area contributed by atoms with E-state index in [0.717, 1.165) is 25.4 Å². The molecule has 0 fully saturated rings. The Bertz CT molecular complexity index is 207. The summed E-state index contributed by atoms with van der Waals surface area (Å²) in [5.41, 5.74) is 0.443. The highest BCUT2D eigenvalue weighted by atomic mass is 16.5. The zero-order valence-corrected chi connectivity index (χ0v) is 13.7. The Labute approximate surface area is 115 Å². The zero-order valence-electron chi connectivity index (χ0n) is 13.7. The highest BCUT2D eigenvalue weighted by Crippen LogP contribution is 2.34. The molecule has 0 aliphatic rings. The summed E-state index contributed by atoms with van der Waals surface area (Å²) in [5.74, 6) is 0.729. The zero-order chi connectivity index (χ0) is 14.2. The molecule has 0 aromatic rings. The molecule has 0 rings (SSSR count). The predicted molar refractivity (Wildman–Crippen MR) is 81.0 cm³/mol. The Morgan fingerprint density at radius 3 is 2.00 bits per heavy atom. The largest absolute Gasteiger partial charge is 0.379 e. The molecule has 2 nitrogen and oxygen atoms in total. The summed E-state index contributed by atoms with van der Waals surface area (Å²) in [6.45, 7) is 15.8. The van der Waals surface area contributed by atoms with E-state index in [4.69, 9.17) is 4.74 Å². The van der Waals surface area contributed by atoms with Crippen LogP contribution in [0.4, 0.5) is 0 Å². The van der Waals surface area contributed by atoms with Gasteiger partial charge in [0.25, 0.3) is 0 Å². The summed E-state index contributed by atoms with van der Waals surface area (Å²) in [5, 5.41) is 3.64. The minimum Gasteiger partial charge on any atom is -0.379 e. The van der Waals surface area contributed by atoms with Crippen molar-refractivity contribution in [1.29, 1.82) is 0 Å². The third-order valence-corrected chi connectivity index (χ3v) is 4.36. The van der Waals surface area contributed by atoms with Gasteiger partial charge in [0.05, 0.1) is 5.60 Å². The van der Waals surface area contributed by atoms with Crippen molar-refractivity contribution in [3.63, 3.8) is 0 Å². The van der Waals surface area contributed by atoms with E-state index in [0.29, 0.717) is 5.41 Å². The third kappa shape index (κ3) is 6.75. The van der Waals surface area contributed by atoms with Crippen LogP contribution in [0.3, 0.4) is 0 Å². The normalized spacial score (nSPS) is 13.3. The molecule has 0 bridgehead atoms. The first-order valence-corrected chi connectivity index (χ1v) is 7.56. The van der Waals surface area contributed by atoms with Gasteiger partial charge in [-0.1, -0.05) is 27.7 Å². The molecule has 0 saturated carbocycles. The van der Waals surface area contributed by atoms with Crippen molar-refractivity contribution in [3.05, 3.63) is 0 Å². The minimum absolute atomic E-state index is 0.00758. The lowest BCUT2D eigenvalue weighted by Gasteiger charge is -2.35. The van der Waals surface area contributed by atoms with Crippen LogP contribution in [-0.2, 0) is 4.74 Å². The molecule has 2 heteroatoms. The molecular weight excluding hydrogens is 222 g/mol. The van der Waals surface area contributed by atoms with Gasteiger partial charge in [-0.2, -0.15) is 0 Å². The Morgan fingerprint density at radius 2 is 1.61 bits per heavy atom. The molecule has 0 aliphatic heterocycles. The van der Waals surface area contributed by atoms with Crippen molar-refractivity contribution < 1.29 is 4.74 Å². The maximum absolute atomic E-state index is 5.54. The summed E-state index contributed by atoms with van der Waals surface area (Å²) in [6, 6.07) is 0. The van der Waals surface area contributed by atoms with Crippen LogP contribution >= 0.6 is 0 Å². The van der Waals surface area contributed by atoms with E-state index in [1.807, 2.05) is 7.11 Å². The van der Waals surface area contributed by atoms with Gasteiger partial charge >= 0.3 is 0 Å². The third-order valence-electron chi connectivity index (χ3n) is 4.36. The van der Waals surface area contributed by atoms with Gasteiger partial charge in [0.1, 0.15) is 0 Å². The number of hydrogen-bond donors (Lipinski definition) is 1. The van der Waals surface area contributed by atoms with Crippen molar-refractivity contribution in [1.82, 2.24) is 5.32 Å². The first-order valence-electron chi connectivity index (χ1n) is 7.56. The van der Waals surface area contributed by atoms with Crippen LogP contribution in [-0.4, -0.2) is 25.8 Å². The molecule has 0 radical (unpaired) electrons. The molecule has 0 aromatic carbocycles. The van der Waals surface area contributed by atoms with Crippen molar-refractivity contribution in [2.24, 2.45) is 11.3 Å². The molecule has 0 atom stereocenters. The average molecular weight is 257 g/mol. The number of rotatable bonds is 10. The molecule has 0 aromatic heterocycles. The highest BCUT2D eigenvalue weighted by Gasteiger charge is 2.29. The predicted octanol–water partition coefficient (Wildman–Crippen LogP) is 4.24. The maximum atomic E-state index is 5.54. The Hall–Kier alpha value is -0.0800. The van der Waals surface area contributed by atoms with Crippen molar-refractivity contribution >= 4 is 0 Å². The number of methoxy groups -OCH3 is 1. The van der Waals surface area contributed by atoms with E-state index in [9.17, 15) is 0 Å². The lowest BCUT2D eigenvalue weighted by Crippen LogP contribution is -2.37. The second kappa shape index (κ2) is 8.16. The maximum Gasteiger partial charge on any atom is 0.0623 e. The number of ether oxygens (including phenoxy) is 1. The topological polar surface area (TPSA) is 21.3 Å². The van der Waals surface area contributed by atoms with Gasteiger partial charge < -0.3 is 10.1 Å². The summed E-state index contributed by atoms with van der Waals surface area (Å²) in [6.07, 6.45) is 4.86. The van der Waals surface area contributed by atoms with Gasteiger partial charge in [-0.15, -0.1) is 0 Å². The minimum atomic E-state index is 0.00758. The van der Waals surface area contributed by atoms with Gasteiger partial charge in [0.2, 0.25) is 0 Å². The van der Waals surface area contributed by atoms with Gasteiger partial charge in [0, 0.05) is 13.7 Å². The summed E-state index contributed by atoms with van der Waals surface area (Å²) in [4.78, 5) is 0. The van der Waals surface area contributed by atoms with Crippen LogP contribution in [0.2, 0.25) is 0 Å².